The Bertz CT molecular complexity index is 917. The molecule has 3 rings (SSSR count). The first-order valence-electron chi connectivity index (χ1n) is 8.99. The molecule has 1 aliphatic rings. The number of anilines is 1. The quantitative estimate of drug-likeness (QED) is 0.845. The second-order valence-corrected chi connectivity index (χ2v) is 8.86. The van der Waals surface area contributed by atoms with Crippen molar-refractivity contribution in [2.45, 2.75) is 31.4 Å². The van der Waals surface area contributed by atoms with E-state index in [0.29, 0.717) is 5.82 Å². The van der Waals surface area contributed by atoms with Crippen LogP contribution in [-0.4, -0.2) is 46.2 Å². The number of carbonyl (C=O) groups is 2. The number of hydrogen-bond donors (Lipinski definition) is 1. The SMILES string of the molecule is COc1ccccc1C1SCC(=O)N(CC(=O)O)c2c1c(C(C)(C)C)nn2C. The number of carboxylic acids is 1. The summed E-state index contributed by atoms with van der Waals surface area (Å²) < 4.78 is 7.20. The molecule has 1 N–H and O–H groups in total. The van der Waals surface area contributed by atoms with E-state index in [1.807, 2.05) is 24.3 Å². The van der Waals surface area contributed by atoms with Gasteiger partial charge in [-0.05, 0) is 6.07 Å². The van der Waals surface area contributed by atoms with Crippen molar-refractivity contribution in [3.8, 4) is 5.75 Å². The highest BCUT2D eigenvalue weighted by atomic mass is 32.2. The summed E-state index contributed by atoms with van der Waals surface area (Å²) in [6.07, 6.45) is 0. The first-order chi connectivity index (χ1) is 13.1. The Balaban J connectivity index is 2.30. The minimum atomic E-state index is -1.06. The van der Waals surface area contributed by atoms with E-state index in [1.165, 1.54) is 16.7 Å². The fraction of sp³-hybridized carbons (Fsp3) is 0.450. The van der Waals surface area contributed by atoms with Gasteiger partial charge in [0.2, 0.25) is 5.91 Å². The monoisotopic (exact) mass is 403 g/mol. The molecule has 2 heterocycles. The van der Waals surface area contributed by atoms with Crippen LogP contribution in [0, 0.1) is 0 Å². The number of methoxy groups -OCH3 is 1. The Kier molecular flexibility index (Phi) is 5.43. The average molecular weight is 404 g/mol. The number of fused-ring (bicyclic) bond motifs is 1. The van der Waals surface area contributed by atoms with E-state index in [2.05, 4.69) is 20.8 Å². The maximum Gasteiger partial charge on any atom is 0.323 e. The van der Waals surface area contributed by atoms with Crippen LogP contribution in [0.3, 0.4) is 0 Å². The van der Waals surface area contributed by atoms with Crippen LogP contribution in [0.4, 0.5) is 5.82 Å². The number of amides is 1. The second-order valence-electron chi connectivity index (χ2n) is 7.77. The number of aromatic nitrogens is 2. The zero-order valence-electron chi connectivity index (χ0n) is 16.7. The van der Waals surface area contributed by atoms with Crippen LogP contribution in [0.2, 0.25) is 0 Å². The Morgan fingerprint density at radius 3 is 2.64 bits per heavy atom. The fourth-order valence-corrected chi connectivity index (χ4v) is 4.73. The smallest absolute Gasteiger partial charge is 0.323 e. The van der Waals surface area contributed by atoms with Crippen LogP contribution >= 0.6 is 11.8 Å². The lowest BCUT2D eigenvalue weighted by molar-refractivity contribution is -0.136. The summed E-state index contributed by atoms with van der Waals surface area (Å²) in [6.45, 7) is 5.80. The van der Waals surface area contributed by atoms with Gasteiger partial charge in [0, 0.05) is 23.6 Å². The van der Waals surface area contributed by atoms with Crippen LogP contribution in [0.15, 0.2) is 24.3 Å². The number of thioether (sulfide) groups is 1. The molecule has 1 amide bonds. The molecule has 1 unspecified atom stereocenters. The molecule has 0 bridgehead atoms. The molecular weight excluding hydrogens is 378 g/mol. The summed E-state index contributed by atoms with van der Waals surface area (Å²) in [6, 6.07) is 7.72. The number of carbonyl (C=O) groups excluding carboxylic acids is 1. The van der Waals surface area contributed by atoms with Gasteiger partial charge in [-0.15, -0.1) is 11.8 Å². The molecule has 0 spiro atoms. The van der Waals surface area contributed by atoms with Crippen molar-refractivity contribution in [2.24, 2.45) is 7.05 Å². The van der Waals surface area contributed by atoms with Gasteiger partial charge >= 0.3 is 5.97 Å². The van der Waals surface area contributed by atoms with Gasteiger partial charge in [0.15, 0.2) is 0 Å². The zero-order chi connectivity index (χ0) is 20.6. The topological polar surface area (TPSA) is 84.7 Å². The molecule has 1 aromatic carbocycles. The normalized spacial score (nSPS) is 17.2. The molecule has 0 saturated heterocycles. The number of rotatable bonds is 4. The molecule has 1 aliphatic heterocycles. The molecule has 0 radical (unpaired) electrons. The number of ether oxygens (including phenoxy) is 1. The van der Waals surface area contributed by atoms with Crippen LogP contribution in [0.1, 0.15) is 42.8 Å². The summed E-state index contributed by atoms with van der Waals surface area (Å²) in [5.41, 5.74) is 2.38. The number of benzene rings is 1. The first kappa shape index (κ1) is 20.3. The third-order valence-corrected chi connectivity index (χ3v) is 5.91. The van der Waals surface area contributed by atoms with Crippen LogP contribution in [0.25, 0.3) is 0 Å². The van der Waals surface area contributed by atoms with Crippen molar-refractivity contribution in [3.63, 3.8) is 0 Å². The van der Waals surface area contributed by atoms with Gasteiger partial charge in [0.25, 0.3) is 0 Å². The van der Waals surface area contributed by atoms with Crippen molar-refractivity contribution in [1.82, 2.24) is 9.78 Å². The highest BCUT2D eigenvalue weighted by molar-refractivity contribution is 8.00. The summed E-state index contributed by atoms with van der Waals surface area (Å²) in [4.78, 5) is 25.6. The van der Waals surface area contributed by atoms with Gasteiger partial charge in [-0.1, -0.05) is 39.0 Å². The van der Waals surface area contributed by atoms with Gasteiger partial charge in [-0.3, -0.25) is 19.2 Å². The van der Waals surface area contributed by atoms with E-state index in [9.17, 15) is 14.7 Å². The number of para-hydroxylation sites is 1. The predicted molar refractivity (Wildman–Crippen MR) is 109 cm³/mol. The molecule has 1 aromatic heterocycles. The molecule has 150 valence electrons. The van der Waals surface area contributed by atoms with E-state index in [-0.39, 0.29) is 22.3 Å². The summed E-state index contributed by atoms with van der Waals surface area (Å²) >= 11 is 1.47. The highest BCUT2D eigenvalue weighted by Gasteiger charge is 2.39. The summed E-state index contributed by atoms with van der Waals surface area (Å²) in [5, 5.41) is 13.9. The fourth-order valence-electron chi connectivity index (χ4n) is 3.51. The highest BCUT2D eigenvalue weighted by Crippen LogP contribution is 2.49. The maximum atomic E-state index is 12.8. The van der Waals surface area contributed by atoms with E-state index >= 15 is 0 Å². The van der Waals surface area contributed by atoms with Gasteiger partial charge in [-0.25, -0.2) is 0 Å². The number of carboxylic acid groups (broad SMARTS) is 1. The Labute approximate surface area is 168 Å². The molecule has 0 aliphatic carbocycles. The molecule has 28 heavy (non-hydrogen) atoms. The Morgan fingerprint density at radius 1 is 1.36 bits per heavy atom. The molecule has 1 atom stereocenters. The Morgan fingerprint density at radius 2 is 2.04 bits per heavy atom. The van der Waals surface area contributed by atoms with Crippen molar-refractivity contribution >= 4 is 29.5 Å². The van der Waals surface area contributed by atoms with Gasteiger partial charge in [0.1, 0.15) is 18.1 Å². The third-order valence-electron chi connectivity index (χ3n) is 4.67. The molecule has 7 nitrogen and oxygen atoms in total. The lowest BCUT2D eigenvalue weighted by Gasteiger charge is -2.24. The van der Waals surface area contributed by atoms with Gasteiger partial charge in [-0.2, -0.15) is 5.10 Å². The van der Waals surface area contributed by atoms with E-state index in [4.69, 9.17) is 9.84 Å². The first-order valence-corrected chi connectivity index (χ1v) is 10.0. The van der Waals surface area contributed by atoms with Crippen molar-refractivity contribution < 1.29 is 19.4 Å². The van der Waals surface area contributed by atoms with E-state index < -0.39 is 12.5 Å². The number of hydrogen-bond acceptors (Lipinski definition) is 5. The minimum Gasteiger partial charge on any atom is -0.496 e. The minimum absolute atomic E-state index is 0.175. The molecule has 0 saturated carbocycles. The second kappa shape index (κ2) is 7.50. The van der Waals surface area contributed by atoms with Gasteiger partial charge < -0.3 is 9.84 Å². The van der Waals surface area contributed by atoms with Crippen LogP contribution in [-0.2, 0) is 22.1 Å². The average Bonchev–Trinajstić information content (AvgIpc) is 2.90. The summed E-state index contributed by atoms with van der Waals surface area (Å²) in [5.74, 6) is 0.147. The van der Waals surface area contributed by atoms with E-state index in [0.717, 1.165) is 22.6 Å². The number of nitrogens with zero attached hydrogens (tertiary/aromatic N) is 3. The Hall–Kier alpha value is -2.48. The zero-order valence-corrected chi connectivity index (χ0v) is 17.5. The third kappa shape index (κ3) is 3.61. The van der Waals surface area contributed by atoms with Crippen molar-refractivity contribution in [1.29, 1.82) is 0 Å². The largest absolute Gasteiger partial charge is 0.496 e. The molecular formula is C20H25N3O4S. The molecule has 8 heteroatoms. The van der Waals surface area contributed by atoms with E-state index in [1.54, 1.807) is 18.8 Å². The number of aliphatic carboxylic acids is 1. The lowest BCUT2D eigenvalue weighted by atomic mass is 9.87. The van der Waals surface area contributed by atoms with Gasteiger partial charge in [0.05, 0.1) is 23.8 Å². The summed E-state index contributed by atoms with van der Waals surface area (Å²) in [7, 11) is 3.38. The molecule has 2 aromatic rings. The van der Waals surface area contributed by atoms with Crippen molar-refractivity contribution in [3.05, 3.63) is 41.1 Å². The maximum absolute atomic E-state index is 12.8. The standard InChI is InChI=1S/C20H25N3O4S/c1-20(2,3)18-16-17(12-8-6-7-9-13(12)27-5)28-11-14(24)23(10-15(25)26)19(16)22(4)21-18/h6-9,17H,10-11H2,1-5H3,(H,25,26). The lowest BCUT2D eigenvalue weighted by Crippen LogP contribution is -2.37. The predicted octanol–water partition coefficient (Wildman–Crippen LogP) is 2.98. The van der Waals surface area contributed by atoms with Crippen LogP contribution in [0.5, 0.6) is 5.75 Å². The molecule has 0 fully saturated rings. The van der Waals surface area contributed by atoms with Crippen LogP contribution < -0.4 is 9.64 Å². The number of aryl methyl sites for hydroxylation is 1. The van der Waals surface area contributed by atoms with Crippen molar-refractivity contribution in [2.75, 3.05) is 24.3 Å².